The summed E-state index contributed by atoms with van der Waals surface area (Å²) in [4.78, 5) is 22.3. The van der Waals surface area contributed by atoms with Crippen molar-refractivity contribution in [1.29, 1.82) is 0 Å². The van der Waals surface area contributed by atoms with Gasteiger partial charge in [0.05, 0.1) is 7.11 Å². The Morgan fingerprint density at radius 2 is 1.94 bits per heavy atom. The Balaban J connectivity index is 2.71. The van der Waals surface area contributed by atoms with E-state index in [-0.39, 0.29) is 5.91 Å². The van der Waals surface area contributed by atoms with Crippen LogP contribution in [0, 0.1) is 0 Å². The molecule has 0 aliphatic heterocycles. The average Bonchev–Trinajstić information content (AvgIpc) is 2.36. The second-order valence-corrected chi connectivity index (χ2v) is 3.34. The van der Waals surface area contributed by atoms with Crippen LogP contribution >= 0.6 is 0 Å². The summed E-state index contributed by atoms with van der Waals surface area (Å²) in [6, 6.07) is 6.96. The number of carbonyl (C=O) groups excluding carboxylic acids is 2. The summed E-state index contributed by atoms with van der Waals surface area (Å²) in [6.07, 6.45) is 2.97. The number of hydrogen-bond acceptors (Lipinski definition) is 3. The first kappa shape index (κ1) is 13.0. The quantitative estimate of drug-likeness (QED) is 0.635. The van der Waals surface area contributed by atoms with E-state index in [4.69, 9.17) is 0 Å². The van der Waals surface area contributed by atoms with Crippen LogP contribution in [0.2, 0.25) is 0 Å². The maximum absolute atomic E-state index is 11.5. The van der Waals surface area contributed by atoms with Gasteiger partial charge in [-0.05, 0) is 30.7 Å². The molecule has 0 atom stereocenters. The molecule has 0 heterocycles. The predicted octanol–water partition coefficient (Wildman–Crippen LogP) is 1.62. The van der Waals surface area contributed by atoms with Crippen molar-refractivity contribution in [3.63, 3.8) is 0 Å². The molecule has 0 saturated heterocycles. The zero-order chi connectivity index (χ0) is 12.7. The van der Waals surface area contributed by atoms with Crippen LogP contribution in [-0.4, -0.2) is 25.5 Å². The van der Waals surface area contributed by atoms with Crippen molar-refractivity contribution in [3.8, 4) is 0 Å². The lowest BCUT2D eigenvalue weighted by Gasteiger charge is -2.01. The Kier molecular flexibility index (Phi) is 4.94. The van der Waals surface area contributed by atoms with Gasteiger partial charge in [-0.2, -0.15) is 0 Å². The van der Waals surface area contributed by atoms with E-state index in [1.54, 1.807) is 30.3 Å². The van der Waals surface area contributed by atoms with Gasteiger partial charge in [0, 0.05) is 18.2 Å². The summed E-state index contributed by atoms with van der Waals surface area (Å²) in [7, 11) is 1.32. The monoisotopic (exact) mass is 233 g/mol. The summed E-state index contributed by atoms with van der Waals surface area (Å²) < 4.78 is 4.48. The van der Waals surface area contributed by atoms with Gasteiger partial charge in [0.1, 0.15) is 0 Å². The fraction of sp³-hybridized carbons (Fsp3) is 0.231. The third-order valence-corrected chi connectivity index (χ3v) is 2.12. The Morgan fingerprint density at radius 3 is 2.47 bits per heavy atom. The van der Waals surface area contributed by atoms with Gasteiger partial charge in [0.2, 0.25) is 0 Å². The van der Waals surface area contributed by atoms with Crippen LogP contribution < -0.4 is 5.32 Å². The minimum Gasteiger partial charge on any atom is -0.466 e. The number of carbonyl (C=O) groups is 2. The first-order valence-electron chi connectivity index (χ1n) is 5.31. The van der Waals surface area contributed by atoms with Crippen molar-refractivity contribution in [3.05, 3.63) is 41.5 Å². The Hall–Kier alpha value is -2.10. The highest BCUT2D eigenvalue weighted by Crippen LogP contribution is 2.06. The molecule has 0 radical (unpaired) electrons. The van der Waals surface area contributed by atoms with E-state index in [2.05, 4.69) is 10.1 Å². The van der Waals surface area contributed by atoms with E-state index in [1.165, 1.54) is 13.2 Å². The average molecular weight is 233 g/mol. The fourth-order valence-corrected chi connectivity index (χ4v) is 1.24. The van der Waals surface area contributed by atoms with E-state index < -0.39 is 5.97 Å². The third-order valence-electron chi connectivity index (χ3n) is 2.12. The summed E-state index contributed by atoms with van der Waals surface area (Å²) in [5, 5.41) is 2.71. The zero-order valence-corrected chi connectivity index (χ0v) is 9.90. The van der Waals surface area contributed by atoms with Gasteiger partial charge in [0.15, 0.2) is 0 Å². The van der Waals surface area contributed by atoms with E-state index >= 15 is 0 Å². The van der Waals surface area contributed by atoms with E-state index in [0.717, 1.165) is 5.56 Å². The highest BCUT2D eigenvalue weighted by atomic mass is 16.5. The molecule has 1 amide bonds. The molecule has 4 nitrogen and oxygen atoms in total. The minimum absolute atomic E-state index is 0.101. The Labute approximate surface area is 100 Å². The molecule has 1 N–H and O–H groups in total. The number of benzene rings is 1. The zero-order valence-electron chi connectivity index (χ0n) is 9.90. The van der Waals surface area contributed by atoms with Crippen LogP contribution in [0.15, 0.2) is 30.3 Å². The lowest BCUT2D eigenvalue weighted by Crippen LogP contribution is -2.22. The van der Waals surface area contributed by atoms with Crippen molar-refractivity contribution in [1.82, 2.24) is 5.32 Å². The Morgan fingerprint density at radius 1 is 1.29 bits per heavy atom. The number of methoxy groups -OCH3 is 1. The number of nitrogens with one attached hydrogen (secondary N) is 1. The molecule has 0 saturated carbocycles. The van der Waals surface area contributed by atoms with Gasteiger partial charge in [0.25, 0.3) is 5.91 Å². The highest BCUT2D eigenvalue weighted by molar-refractivity contribution is 5.94. The molecule has 0 fully saturated rings. The largest absolute Gasteiger partial charge is 0.466 e. The molecule has 0 aliphatic carbocycles. The molecule has 90 valence electrons. The van der Waals surface area contributed by atoms with E-state index in [0.29, 0.717) is 12.1 Å². The van der Waals surface area contributed by atoms with Crippen molar-refractivity contribution in [2.45, 2.75) is 6.92 Å². The van der Waals surface area contributed by atoms with Crippen LogP contribution in [0.4, 0.5) is 0 Å². The first-order chi connectivity index (χ1) is 8.17. The van der Waals surface area contributed by atoms with Crippen LogP contribution in [0.3, 0.4) is 0 Å². The highest BCUT2D eigenvalue weighted by Gasteiger charge is 2.02. The van der Waals surface area contributed by atoms with Gasteiger partial charge in [-0.15, -0.1) is 0 Å². The van der Waals surface area contributed by atoms with Gasteiger partial charge in [-0.25, -0.2) is 4.79 Å². The van der Waals surface area contributed by atoms with Gasteiger partial charge < -0.3 is 10.1 Å². The second-order valence-electron chi connectivity index (χ2n) is 3.34. The molecule has 4 heteroatoms. The lowest BCUT2D eigenvalue weighted by atomic mass is 10.1. The molecular weight excluding hydrogens is 218 g/mol. The Bertz CT molecular complexity index is 421. The molecular formula is C13H15NO3. The number of rotatable bonds is 4. The standard InChI is InChI=1S/C13H15NO3/c1-3-14-13(16)11-7-4-10(5-8-11)6-9-12(15)17-2/h4-9H,3H2,1-2H3,(H,14,16). The van der Waals surface area contributed by atoms with Gasteiger partial charge in [-0.3, -0.25) is 4.79 Å². The normalized spacial score (nSPS) is 10.2. The number of amides is 1. The number of hydrogen-bond donors (Lipinski definition) is 1. The number of ether oxygens (including phenoxy) is 1. The van der Waals surface area contributed by atoms with Gasteiger partial charge in [-0.1, -0.05) is 12.1 Å². The van der Waals surface area contributed by atoms with Crippen molar-refractivity contribution in [2.75, 3.05) is 13.7 Å². The molecule has 17 heavy (non-hydrogen) atoms. The maximum Gasteiger partial charge on any atom is 0.330 e. The molecule has 1 aromatic carbocycles. The van der Waals surface area contributed by atoms with Crippen LogP contribution in [0.5, 0.6) is 0 Å². The summed E-state index contributed by atoms with van der Waals surface area (Å²) in [5.41, 5.74) is 1.44. The van der Waals surface area contributed by atoms with Crippen LogP contribution in [0.25, 0.3) is 6.08 Å². The summed E-state index contributed by atoms with van der Waals surface area (Å²) in [6.45, 7) is 2.47. The molecule has 0 bridgehead atoms. The topological polar surface area (TPSA) is 55.4 Å². The smallest absolute Gasteiger partial charge is 0.330 e. The van der Waals surface area contributed by atoms with Gasteiger partial charge >= 0.3 is 5.97 Å². The molecule has 1 rings (SSSR count). The van der Waals surface area contributed by atoms with E-state index in [9.17, 15) is 9.59 Å². The third kappa shape index (κ3) is 4.10. The molecule has 0 unspecified atom stereocenters. The first-order valence-corrected chi connectivity index (χ1v) is 5.31. The molecule has 0 aliphatic rings. The van der Waals surface area contributed by atoms with Crippen molar-refractivity contribution in [2.24, 2.45) is 0 Å². The molecule has 1 aromatic rings. The number of esters is 1. The maximum atomic E-state index is 11.5. The van der Waals surface area contributed by atoms with E-state index in [1.807, 2.05) is 6.92 Å². The van der Waals surface area contributed by atoms with Crippen LogP contribution in [0.1, 0.15) is 22.8 Å². The summed E-state index contributed by atoms with van der Waals surface area (Å²) in [5.74, 6) is -0.506. The predicted molar refractivity (Wildman–Crippen MR) is 65.5 cm³/mol. The molecule has 0 aromatic heterocycles. The summed E-state index contributed by atoms with van der Waals surface area (Å²) >= 11 is 0. The molecule has 0 spiro atoms. The van der Waals surface area contributed by atoms with Crippen LogP contribution in [-0.2, 0) is 9.53 Å². The minimum atomic E-state index is -0.405. The van der Waals surface area contributed by atoms with Crippen molar-refractivity contribution < 1.29 is 14.3 Å². The van der Waals surface area contributed by atoms with Crippen molar-refractivity contribution >= 4 is 18.0 Å². The fourth-order valence-electron chi connectivity index (χ4n) is 1.24. The second kappa shape index (κ2) is 6.48. The lowest BCUT2D eigenvalue weighted by molar-refractivity contribution is -0.134. The SMILES string of the molecule is CCNC(=O)c1ccc(C=CC(=O)OC)cc1.